The Bertz CT molecular complexity index is 620. The fraction of sp³-hybridized carbons (Fsp3) is 0.0769. The van der Waals surface area contributed by atoms with E-state index in [0.29, 0.717) is 11.4 Å². The van der Waals surface area contributed by atoms with Gasteiger partial charge in [-0.25, -0.2) is 8.78 Å². The molecular formula is C13H11BrF2N2O. The van der Waals surface area contributed by atoms with Crippen molar-refractivity contribution in [2.45, 2.75) is 0 Å². The molecule has 19 heavy (non-hydrogen) atoms. The molecule has 2 aromatic rings. The van der Waals surface area contributed by atoms with E-state index in [1.54, 1.807) is 18.2 Å². The van der Waals surface area contributed by atoms with Crippen molar-refractivity contribution in [2.24, 2.45) is 0 Å². The van der Waals surface area contributed by atoms with Crippen molar-refractivity contribution in [3.8, 4) is 5.75 Å². The average Bonchev–Trinajstić information content (AvgIpc) is 2.36. The lowest BCUT2D eigenvalue weighted by Gasteiger charge is -2.12. The standard InChI is InChI=1S/C13H11BrF2N2O/c1-19-13-6-8(15)12(5-9(13)16)18-11-3-2-7(14)4-10(11)17/h2-6,18H,17H2,1H3. The number of nitrogens with one attached hydrogen (secondary N) is 1. The lowest BCUT2D eigenvalue weighted by molar-refractivity contribution is 0.383. The molecule has 2 rings (SSSR count). The molecule has 0 fully saturated rings. The minimum Gasteiger partial charge on any atom is -0.494 e. The number of benzene rings is 2. The zero-order chi connectivity index (χ0) is 14.0. The van der Waals surface area contributed by atoms with E-state index in [4.69, 9.17) is 10.5 Å². The van der Waals surface area contributed by atoms with Crippen molar-refractivity contribution >= 4 is 33.0 Å². The molecule has 0 radical (unpaired) electrons. The summed E-state index contributed by atoms with van der Waals surface area (Å²) in [4.78, 5) is 0. The zero-order valence-electron chi connectivity index (χ0n) is 10.0. The molecule has 0 saturated heterocycles. The van der Waals surface area contributed by atoms with Crippen LogP contribution in [0, 0.1) is 11.6 Å². The van der Waals surface area contributed by atoms with Crippen LogP contribution in [0.1, 0.15) is 0 Å². The summed E-state index contributed by atoms with van der Waals surface area (Å²) in [7, 11) is 1.28. The number of hydrogen-bond donors (Lipinski definition) is 2. The molecule has 3 N–H and O–H groups in total. The van der Waals surface area contributed by atoms with E-state index in [2.05, 4.69) is 21.2 Å². The van der Waals surface area contributed by atoms with Gasteiger partial charge in [0.05, 0.1) is 24.2 Å². The summed E-state index contributed by atoms with van der Waals surface area (Å²) in [5.74, 6) is -1.42. The fourth-order valence-corrected chi connectivity index (χ4v) is 1.95. The van der Waals surface area contributed by atoms with Crippen LogP contribution in [0.4, 0.5) is 25.8 Å². The van der Waals surface area contributed by atoms with Gasteiger partial charge in [0.15, 0.2) is 17.4 Å². The topological polar surface area (TPSA) is 47.3 Å². The van der Waals surface area contributed by atoms with E-state index in [1.807, 2.05) is 0 Å². The van der Waals surface area contributed by atoms with Gasteiger partial charge in [-0.1, -0.05) is 15.9 Å². The second kappa shape index (κ2) is 5.44. The maximum Gasteiger partial charge on any atom is 0.167 e. The minimum absolute atomic E-state index is 0.00711. The predicted molar refractivity (Wildman–Crippen MR) is 74.7 cm³/mol. The molecule has 0 bridgehead atoms. The van der Waals surface area contributed by atoms with E-state index < -0.39 is 11.6 Å². The third-order valence-corrected chi connectivity index (χ3v) is 3.02. The summed E-state index contributed by atoms with van der Waals surface area (Å²) in [5, 5.41) is 2.74. The number of nitrogens with two attached hydrogens (primary N) is 1. The Hall–Kier alpha value is -1.82. The lowest BCUT2D eigenvalue weighted by Crippen LogP contribution is -2.00. The Kier molecular flexibility index (Phi) is 3.90. The molecule has 0 atom stereocenters. The smallest absolute Gasteiger partial charge is 0.167 e. The van der Waals surface area contributed by atoms with E-state index in [9.17, 15) is 8.78 Å². The summed E-state index contributed by atoms with van der Waals surface area (Å²) < 4.78 is 32.8. The van der Waals surface area contributed by atoms with Gasteiger partial charge < -0.3 is 15.8 Å². The summed E-state index contributed by atoms with van der Waals surface area (Å²) in [5.41, 5.74) is 6.69. The SMILES string of the molecule is COc1cc(F)c(Nc2ccc(Br)cc2N)cc1F. The van der Waals surface area contributed by atoms with Gasteiger partial charge >= 0.3 is 0 Å². The number of nitrogen functional groups attached to an aromatic ring is 1. The fourth-order valence-electron chi connectivity index (χ4n) is 1.57. The highest BCUT2D eigenvalue weighted by Gasteiger charge is 2.11. The molecule has 100 valence electrons. The van der Waals surface area contributed by atoms with Gasteiger partial charge in [-0.15, -0.1) is 0 Å². The van der Waals surface area contributed by atoms with Gasteiger partial charge in [-0.3, -0.25) is 0 Å². The molecule has 0 aliphatic carbocycles. The Morgan fingerprint density at radius 2 is 1.84 bits per heavy atom. The summed E-state index contributed by atoms with van der Waals surface area (Å²) >= 11 is 3.27. The number of rotatable bonds is 3. The molecule has 0 aromatic heterocycles. The predicted octanol–water partition coefficient (Wildman–Crippen LogP) is 4.06. The van der Waals surface area contributed by atoms with Crippen molar-refractivity contribution in [3.63, 3.8) is 0 Å². The first kappa shape index (κ1) is 13.6. The van der Waals surface area contributed by atoms with Gasteiger partial charge in [0.1, 0.15) is 0 Å². The summed E-state index contributed by atoms with van der Waals surface area (Å²) in [6.07, 6.45) is 0. The van der Waals surface area contributed by atoms with Crippen LogP contribution in [-0.2, 0) is 0 Å². The maximum absolute atomic E-state index is 13.8. The third-order valence-electron chi connectivity index (χ3n) is 2.52. The molecule has 0 amide bonds. The Labute approximate surface area is 117 Å². The van der Waals surface area contributed by atoms with Crippen LogP contribution in [0.2, 0.25) is 0 Å². The maximum atomic E-state index is 13.8. The van der Waals surface area contributed by atoms with Crippen molar-refractivity contribution in [1.29, 1.82) is 0 Å². The van der Waals surface area contributed by atoms with Crippen LogP contribution in [0.15, 0.2) is 34.8 Å². The average molecular weight is 329 g/mol. The Balaban J connectivity index is 2.35. The highest BCUT2D eigenvalue weighted by atomic mass is 79.9. The Morgan fingerprint density at radius 3 is 2.47 bits per heavy atom. The quantitative estimate of drug-likeness (QED) is 0.835. The van der Waals surface area contributed by atoms with Crippen LogP contribution < -0.4 is 15.8 Å². The molecule has 0 saturated carbocycles. The molecular weight excluding hydrogens is 318 g/mol. The van der Waals surface area contributed by atoms with Crippen molar-refractivity contribution in [1.82, 2.24) is 0 Å². The third kappa shape index (κ3) is 2.96. The molecule has 0 aliphatic heterocycles. The molecule has 0 unspecified atom stereocenters. The van der Waals surface area contributed by atoms with Crippen LogP contribution in [-0.4, -0.2) is 7.11 Å². The largest absolute Gasteiger partial charge is 0.494 e. The van der Waals surface area contributed by atoms with Crippen molar-refractivity contribution in [2.75, 3.05) is 18.2 Å². The Morgan fingerprint density at radius 1 is 1.11 bits per heavy atom. The lowest BCUT2D eigenvalue weighted by atomic mass is 10.2. The normalized spacial score (nSPS) is 10.3. The minimum atomic E-state index is -0.651. The van der Waals surface area contributed by atoms with Crippen LogP contribution in [0.25, 0.3) is 0 Å². The van der Waals surface area contributed by atoms with E-state index >= 15 is 0 Å². The number of halogens is 3. The molecule has 3 nitrogen and oxygen atoms in total. The summed E-state index contributed by atoms with van der Waals surface area (Å²) in [6, 6.07) is 7.08. The number of anilines is 3. The zero-order valence-corrected chi connectivity index (χ0v) is 11.6. The van der Waals surface area contributed by atoms with Crippen molar-refractivity contribution < 1.29 is 13.5 Å². The first-order valence-electron chi connectivity index (χ1n) is 5.36. The second-order valence-corrected chi connectivity index (χ2v) is 4.74. The first-order chi connectivity index (χ1) is 9.01. The molecule has 0 aliphatic rings. The van der Waals surface area contributed by atoms with E-state index in [-0.39, 0.29) is 11.4 Å². The summed E-state index contributed by atoms with van der Waals surface area (Å²) in [6.45, 7) is 0. The highest BCUT2D eigenvalue weighted by Crippen LogP contribution is 2.30. The molecule has 6 heteroatoms. The van der Waals surface area contributed by atoms with Gasteiger partial charge in [-0.05, 0) is 18.2 Å². The number of methoxy groups -OCH3 is 1. The van der Waals surface area contributed by atoms with Crippen LogP contribution >= 0.6 is 15.9 Å². The first-order valence-corrected chi connectivity index (χ1v) is 6.15. The molecule has 2 aromatic carbocycles. The van der Waals surface area contributed by atoms with Crippen molar-refractivity contribution in [3.05, 3.63) is 46.4 Å². The van der Waals surface area contributed by atoms with E-state index in [1.165, 1.54) is 7.11 Å². The molecule has 0 spiro atoms. The molecule has 0 heterocycles. The second-order valence-electron chi connectivity index (χ2n) is 3.82. The van der Waals surface area contributed by atoms with Gasteiger partial charge in [0, 0.05) is 16.6 Å². The highest BCUT2D eigenvalue weighted by molar-refractivity contribution is 9.10. The monoisotopic (exact) mass is 328 g/mol. The van der Waals surface area contributed by atoms with Gasteiger partial charge in [0.2, 0.25) is 0 Å². The van der Waals surface area contributed by atoms with Crippen LogP contribution in [0.5, 0.6) is 5.75 Å². The number of hydrogen-bond acceptors (Lipinski definition) is 3. The number of ether oxygens (including phenoxy) is 1. The van der Waals surface area contributed by atoms with E-state index in [0.717, 1.165) is 16.6 Å². The van der Waals surface area contributed by atoms with Crippen LogP contribution in [0.3, 0.4) is 0 Å². The van der Waals surface area contributed by atoms with Gasteiger partial charge in [0.25, 0.3) is 0 Å². The van der Waals surface area contributed by atoms with Gasteiger partial charge in [-0.2, -0.15) is 0 Å².